The summed E-state index contributed by atoms with van der Waals surface area (Å²) in [4.78, 5) is 10.4. The summed E-state index contributed by atoms with van der Waals surface area (Å²) in [5.41, 5.74) is 5.56. The van der Waals surface area contributed by atoms with Crippen molar-refractivity contribution in [2.75, 3.05) is 7.11 Å². The lowest BCUT2D eigenvalue weighted by Gasteiger charge is -2.01. The molecule has 0 spiro atoms. The molecule has 0 aliphatic carbocycles. The van der Waals surface area contributed by atoms with Gasteiger partial charge in [0.25, 0.3) is 0 Å². The first-order valence-corrected chi connectivity index (χ1v) is 3.94. The van der Waals surface area contributed by atoms with E-state index >= 15 is 0 Å². The Morgan fingerprint density at radius 1 is 1.57 bits per heavy atom. The Morgan fingerprint density at radius 2 is 2.29 bits per heavy atom. The average molecular weight is 195 g/mol. The van der Waals surface area contributed by atoms with Gasteiger partial charge in [0.15, 0.2) is 11.6 Å². The highest BCUT2D eigenvalue weighted by molar-refractivity contribution is 5.90. The number of hydrogen-bond donors (Lipinski definition) is 1. The van der Waals surface area contributed by atoms with Crippen LogP contribution in [0.15, 0.2) is 24.3 Å². The van der Waals surface area contributed by atoms with Crippen molar-refractivity contribution in [3.05, 3.63) is 35.7 Å². The van der Waals surface area contributed by atoms with Crippen molar-refractivity contribution in [2.45, 2.75) is 0 Å². The first kappa shape index (κ1) is 10.2. The molecular weight excluding hydrogens is 185 g/mol. The maximum atomic E-state index is 12.9. The molecule has 1 aromatic carbocycles. The SMILES string of the molecule is COc1cc(/C=C\C(N)=O)ccc1F. The molecule has 0 unspecified atom stereocenters. The van der Waals surface area contributed by atoms with Crippen molar-refractivity contribution >= 4 is 12.0 Å². The number of carbonyl (C=O) groups is 1. The summed E-state index contributed by atoms with van der Waals surface area (Å²) < 4.78 is 17.7. The summed E-state index contributed by atoms with van der Waals surface area (Å²) in [6, 6.07) is 4.27. The highest BCUT2D eigenvalue weighted by atomic mass is 19.1. The summed E-state index contributed by atoms with van der Waals surface area (Å²) in [7, 11) is 1.37. The van der Waals surface area contributed by atoms with Crippen LogP contribution in [0.3, 0.4) is 0 Å². The molecule has 0 atom stereocenters. The molecule has 1 aromatic rings. The van der Waals surface area contributed by atoms with Gasteiger partial charge in [-0.2, -0.15) is 0 Å². The van der Waals surface area contributed by atoms with Gasteiger partial charge in [-0.3, -0.25) is 4.79 Å². The Bertz CT molecular complexity index is 374. The zero-order valence-electron chi connectivity index (χ0n) is 7.66. The molecule has 0 aromatic heterocycles. The molecule has 0 saturated heterocycles. The van der Waals surface area contributed by atoms with E-state index in [0.29, 0.717) is 5.56 Å². The lowest BCUT2D eigenvalue weighted by Crippen LogP contribution is -2.05. The van der Waals surface area contributed by atoms with Gasteiger partial charge in [0.05, 0.1) is 7.11 Å². The van der Waals surface area contributed by atoms with Crippen LogP contribution in [-0.2, 0) is 4.79 Å². The van der Waals surface area contributed by atoms with Crippen molar-refractivity contribution in [2.24, 2.45) is 5.73 Å². The quantitative estimate of drug-likeness (QED) is 0.740. The molecule has 0 aliphatic rings. The maximum Gasteiger partial charge on any atom is 0.241 e. The maximum absolute atomic E-state index is 12.9. The standard InChI is InChI=1S/C10H10FNO2/c1-14-9-6-7(2-4-8(9)11)3-5-10(12)13/h2-6H,1H3,(H2,12,13)/b5-3-. The minimum atomic E-state index is -0.548. The molecule has 1 amide bonds. The Morgan fingerprint density at radius 3 is 2.86 bits per heavy atom. The van der Waals surface area contributed by atoms with Crippen LogP contribution in [0.2, 0.25) is 0 Å². The molecule has 0 bridgehead atoms. The number of nitrogens with two attached hydrogens (primary N) is 1. The van der Waals surface area contributed by atoms with Crippen molar-refractivity contribution < 1.29 is 13.9 Å². The van der Waals surface area contributed by atoms with E-state index in [-0.39, 0.29) is 5.75 Å². The molecule has 0 heterocycles. The second-order valence-electron chi connectivity index (χ2n) is 2.63. The van der Waals surface area contributed by atoms with E-state index in [0.717, 1.165) is 0 Å². The fourth-order valence-corrected chi connectivity index (χ4v) is 0.958. The number of halogens is 1. The van der Waals surface area contributed by atoms with E-state index in [1.807, 2.05) is 0 Å². The Labute approximate surface area is 81.0 Å². The third-order valence-corrected chi connectivity index (χ3v) is 1.62. The normalized spacial score (nSPS) is 10.4. The molecule has 0 saturated carbocycles. The minimum Gasteiger partial charge on any atom is -0.494 e. The number of amides is 1. The van der Waals surface area contributed by atoms with Crippen molar-refractivity contribution in [1.29, 1.82) is 0 Å². The average Bonchev–Trinajstić information content (AvgIpc) is 2.16. The smallest absolute Gasteiger partial charge is 0.241 e. The van der Waals surface area contributed by atoms with Crippen LogP contribution in [-0.4, -0.2) is 13.0 Å². The van der Waals surface area contributed by atoms with Crippen molar-refractivity contribution in [1.82, 2.24) is 0 Å². The highest BCUT2D eigenvalue weighted by Crippen LogP contribution is 2.18. The van der Waals surface area contributed by atoms with Crippen LogP contribution in [0.5, 0.6) is 5.75 Å². The molecular formula is C10H10FNO2. The molecule has 1 rings (SSSR count). The van der Waals surface area contributed by atoms with E-state index in [1.165, 1.54) is 37.5 Å². The van der Waals surface area contributed by atoms with Gasteiger partial charge >= 0.3 is 0 Å². The van der Waals surface area contributed by atoms with Crippen LogP contribution in [0.25, 0.3) is 6.08 Å². The molecule has 3 nitrogen and oxygen atoms in total. The van der Waals surface area contributed by atoms with Gasteiger partial charge in [-0.25, -0.2) is 4.39 Å². The first-order chi connectivity index (χ1) is 6.63. The number of benzene rings is 1. The van der Waals surface area contributed by atoms with Gasteiger partial charge in [-0.1, -0.05) is 6.07 Å². The molecule has 14 heavy (non-hydrogen) atoms. The number of primary amides is 1. The largest absolute Gasteiger partial charge is 0.494 e. The summed E-state index contributed by atoms with van der Waals surface area (Å²) in [5.74, 6) is -0.853. The first-order valence-electron chi connectivity index (χ1n) is 3.94. The van der Waals surface area contributed by atoms with E-state index in [9.17, 15) is 9.18 Å². The Balaban J connectivity index is 2.95. The van der Waals surface area contributed by atoms with Gasteiger partial charge in [-0.15, -0.1) is 0 Å². The predicted molar refractivity (Wildman–Crippen MR) is 51.2 cm³/mol. The summed E-state index contributed by atoms with van der Waals surface area (Å²) in [5, 5.41) is 0. The van der Waals surface area contributed by atoms with E-state index < -0.39 is 11.7 Å². The second kappa shape index (κ2) is 4.41. The monoisotopic (exact) mass is 195 g/mol. The predicted octanol–water partition coefficient (Wildman–Crippen LogP) is 1.33. The summed E-state index contributed by atoms with van der Waals surface area (Å²) in [6.07, 6.45) is 2.69. The lowest BCUT2D eigenvalue weighted by atomic mass is 10.2. The van der Waals surface area contributed by atoms with Gasteiger partial charge < -0.3 is 10.5 Å². The molecule has 0 radical (unpaired) electrons. The molecule has 74 valence electrons. The van der Waals surface area contributed by atoms with Crippen LogP contribution < -0.4 is 10.5 Å². The van der Waals surface area contributed by atoms with Crippen LogP contribution in [0.1, 0.15) is 5.56 Å². The van der Waals surface area contributed by atoms with Crippen molar-refractivity contribution in [3.63, 3.8) is 0 Å². The zero-order valence-corrected chi connectivity index (χ0v) is 7.66. The fraction of sp³-hybridized carbons (Fsp3) is 0.100. The van der Waals surface area contributed by atoms with Crippen molar-refractivity contribution in [3.8, 4) is 5.75 Å². The van der Waals surface area contributed by atoms with E-state index in [2.05, 4.69) is 0 Å². The van der Waals surface area contributed by atoms with Gasteiger partial charge in [0.2, 0.25) is 5.91 Å². The summed E-state index contributed by atoms with van der Waals surface area (Å²) >= 11 is 0. The number of carbonyl (C=O) groups excluding carboxylic acids is 1. The van der Waals surface area contributed by atoms with E-state index in [4.69, 9.17) is 10.5 Å². The topological polar surface area (TPSA) is 52.3 Å². The third kappa shape index (κ3) is 2.58. The third-order valence-electron chi connectivity index (χ3n) is 1.62. The van der Waals surface area contributed by atoms with Crippen LogP contribution >= 0.6 is 0 Å². The second-order valence-corrected chi connectivity index (χ2v) is 2.63. The Kier molecular flexibility index (Phi) is 3.23. The van der Waals surface area contributed by atoms with Crippen LogP contribution in [0.4, 0.5) is 4.39 Å². The molecule has 4 heteroatoms. The number of rotatable bonds is 3. The molecule has 0 fully saturated rings. The summed E-state index contributed by atoms with van der Waals surface area (Å²) in [6.45, 7) is 0. The van der Waals surface area contributed by atoms with Crippen LogP contribution in [0, 0.1) is 5.82 Å². The van der Waals surface area contributed by atoms with Gasteiger partial charge in [0, 0.05) is 6.08 Å². The lowest BCUT2D eigenvalue weighted by molar-refractivity contribution is -0.113. The number of hydrogen-bond acceptors (Lipinski definition) is 2. The number of ether oxygens (including phenoxy) is 1. The van der Waals surface area contributed by atoms with Gasteiger partial charge in [0.1, 0.15) is 0 Å². The Hall–Kier alpha value is -1.84. The zero-order chi connectivity index (χ0) is 10.6. The number of methoxy groups -OCH3 is 1. The molecule has 0 aliphatic heterocycles. The minimum absolute atomic E-state index is 0.136. The fourth-order valence-electron chi connectivity index (χ4n) is 0.958. The molecule has 2 N–H and O–H groups in total. The van der Waals surface area contributed by atoms with Gasteiger partial charge in [-0.05, 0) is 23.8 Å². The highest BCUT2D eigenvalue weighted by Gasteiger charge is 2.01. The van der Waals surface area contributed by atoms with E-state index in [1.54, 1.807) is 0 Å².